The van der Waals surface area contributed by atoms with Crippen LogP contribution in [0.1, 0.15) is 16.8 Å². The molecule has 0 saturated heterocycles. The minimum absolute atomic E-state index is 0.697. The van der Waals surface area contributed by atoms with E-state index in [0.717, 1.165) is 37.4 Å². The highest BCUT2D eigenvalue weighted by atomic mass is 15.1. The molecule has 156 valence electrons. The number of para-hydroxylation sites is 1. The fraction of sp³-hybridized carbons (Fsp3) is 0.148. The highest BCUT2D eigenvalue weighted by molar-refractivity contribution is 5.90. The number of aromatic nitrogens is 4. The molecule has 32 heavy (non-hydrogen) atoms. The predicted octanol–water partition coefficient (Wildman–Crippen LogP) is 5.25. The van der Waals surface area contributed by atoms with Crippen molar-refractivity contribution >= 4 is 10.9 Å². The maximum atomic E-state index is 4.88. The largest absolute Gasteiger partial charge is 0.354 e. The fourth-order valence-corrected chi connectivity index (χ4v) is 4.55. The molecule has 5 aromatic rings. The van der Waals surface area contributed by atoms with Crippen LogP contribution in [0.5, 0.6) is 0 Å². The zero-order valence-electron chi connectivity index (χ0n) is 17.7. The van der Waals surface area contributed by atoms with Crippen LogP contribution in [0, 0.1) is 0 Å². The van der Waals surface area contributed by atoms with Crippen molar-refractivity contribution in [2.75, 3.05) is 6.54 Å². The minimum atomic E-state index is 0.697. The van der Waals surface area contributed by atoms with Gasteiger partial charge in [-0.15, -0.1) is 0 Å². The normalized spacial score (nSPS) is 13.9. The number of H-pyrrole nitrogens is 1. The second-order valence-electron chi connectivity index (χ2n) is 8.23. The van der Waals surface area contributed by atoms with E-state index in [-0.39, 0.29) is 0 Å². The standard InChI is InChI=1S/C27H23N5/c1-2-8-19(9-3-1)26-22(21-10-4-5-11-23(21)30-26)17-32-15-13-20-16-29-27(31-25(20)18-32)24-12-6-7-14-28-24/h1-12,14,16,30H,13,15,17-18H2. The molecule has 0 spiro atoms. The Balaban J connectivity index is 1.34. The van der Waals surface area contributed by atoms with Gasteiger partial charge in [-0.3, -0.25) is 9.88 Å². The summed E-state index contributed by atoms with van der Waals surface area (Å²) in [6.07, 6.45) is 4.72. The van der Waals surface area contributed by atoms with E-state index in [0.29, 0.717) is 5.82 Å². The minimum Gasteiger partial charge on any atom is -0.354 e. The molecule has 1 aliphatic rings. The number of nitrogens with one attached hydrogen (secondary N) is 1. The smallest absolute Gasteiger partial charge is 0.178 e. The van der Waals surface area contributed by atoms with Crippen LogP contribution in [0.2, 0.25) is 0 Å². The summed E-state index contributed by atoms with van der Waals surface area (Å²) in [5.74, 6) is 0.697. The number of pyridine rings is 1. The molecule has 2 aromatic carbocycles. The number of benzene rings is 2. The summed E-state index contributed by atoms with van der Waals surface area (Å²) in [5, 5.41) is 1.29. The van der Waals surface area contributed by atoms with Crippen LogP contribution >= 0.6 is 0 Å². The van der Waals surface area contributed by atoms with E-state index < -0.39 is 0 Å². The fourth-order valence-electron chi connectivity index (χ4n) is 4.55. The quantitative estimate of drug-likeness (QED) is 0.434. The molecule has 3 aromatic heterocycles. The Morgan fingerprint density at radius 3 is 2.59 bits per heavy atom. The molecule has 0 bridgehead atoms. The van der Waals surface area contributed by atoms with E-state index in [4.69, 9.17) is 4.98 Å². The van der Waals surface area contributed by atoms with Gasteiger partial charge in [-0.05, 0) is 41.3 Å². The van der Waals surface area contributed by atoms with Crippen molar-refractivity contribution in [3.63, 3.8) is 0 Å². The van der Waals surface area contributed by atoms with Crippen molar-refractivity contribution in [2.45, 2.75) is 19.5 Å². The topological polar surface area (TPSA) is 57.7 Å². The van der Waals surface area contributed by atoms with Gasteiger partial charge in [0, 0.05) is 42.9 Å². The number of aromatic amines is 1. The number of rotatable bonds is 4. The third-order valence-electron chi connectivity index (χ3n) is 6.18. The maximum absolute atomic E-state index is 4.88. The third kappa shape index (κ3) is 3.47. The molecule has 0 amide bonds. The average Bonchev–Trinajstić information content (AvgIpc) is 3.23. The van der Waals surface area contributed by atoms with Gasteiger partial charge in [0.05, 0.1) is 11.4 Å². The molecule has 5 nitrogen and oxygen atoms in total. The Labute approximate surface area is 186 Å². The van der Waals surface area contributed by atoms with E-state index in [1.54, 1.807) is 6.20 Å². The molecule has 0 saturated carbocycles. The lowest BCUT2D eigenvalue weighted by Crippen LogP contribution is -2.31. The van der Waals surface area contributed by atoms with Crippen molar-refractivity contribution in [3.05, 3.63) is 102 Å². The second-order valence-corrected chi connectivity index (χ2v) is 8.23. The van der Waals surface area contributed by atoms with Crippen LogP contribution in [0.3, 0.4) is 0 Å². The number of hydrogen-bond donors (Lipinski definition) is 1. The lowest BCUT2D eigenvalue weighted by Gasteiger charge is -2.28. The van der Waals surface area contributed by atoms with Gasteiger partial charge in [0.25, 0.3) is 0 Å². The number of nitrogens with zero attached hydrogens (tertiary/aromatic N) is 4. The van der Waals surface area contributed by atoms with Crippen molar-refractivity contribution in [1.29, 1.82) is 0 Å². The van der Waals surface area contributed by atoms with Crippen LogP contribution < -0.4 is 0 Å². The first-order chi connectivity index (χ1) is 15.8. The van der Waals surface area contributed by atoms with E-state index in [1.807, 2.05) is 24.4 Å². The monoisotopic (exact) mass is 417 g/mol. The van der Waals surface area contributed by atoms with Crippen LogP contribution in [0.4, 0.5) is 0 Å². The first-order valence-electron chi connectivity index (χ1n) is 11.0. The Hall–Kier alpha value is -3.83. The zero-order chi connectivity index (χ0) is 21.3. The molecule has 1 aliphatic heterocycles. The van der Waals surface area contributed by atoms with Gasteiger partial charge in [0.15, 0.2) is 5.82 Å². The van der Waals surface area contributed by atoms with Gasteiger partial charge in [0.2, 0.25) is 0 Å². The van der Waals surface area contributed by atoms with Gasteiger partial charge in [-0.25, -0.2) is 9.97 Å². The van der Waals surface area contributed by atoms with Crippen LogP contribution in [-0.4, -0.2) is 31.4 Å². The van der Waals surface area contributed by atoms with E-state index >= 15 is 0 Å². The van der Waals surface area contributed by atoms with E-state index in [1.165, 1.54) is 33.3 Å². The van der Waals surface area contributed by atoms with Gasteiger partial charge >= 0.3 is 0 Å². The van der Waals surface area contributed by atoms with E-state index in [2.05, 4.69) is 74.4 Å². The summed E-state index contributed by atoms with van der Waals surface area (Å²) < 4.78 is 0. The Morgan fingerprint density at radius 1 is 0.875 bits per heavy atom. The first-order valence-corrected chi connectivity index (χ1v) is 11.0. The molecule has 0 fully saturated rings. The van der Waals surface area contributed by atoms with Crippen LogP contribution in [-0.2, 0) is 19.5 Å². The van der Waals surface area contributed by atoms with Gasteiger partial charge in [0.1, 0.15) is 5.69 Å². The summed E-state index contributed by atoms with van der Waals surface area (Å²) in [4.78, 5) is 20.0. The maximum Gasteiger partial charge on any atom is 0.178 e. The predicted molar refractivity (Wildman–Crippen MR) is 127 cm³/mol. The Morgan fingerprint density at radius 2 is 1.72 bits per heavy atom. The zero-order valence-corrected chi connectivity index (χ0v) is 17.7. The summed E-state index contributed by atoms with van der Waals surface area (Å²) in [5.41, 5.74) is 8.10. The number of fused-ring (bicyclic) bond motifs is 2. The molecule has 6 rings (SSSR count). The molecule has 0 radical (unpaired) electrons. The molecular formula is C27H23N5. The van der Waals surface area contributed by atoms with Gasteiger partial charge < -0.3 is 4.98 Å². The van der Waals surface area contributed by atoms with Crippen LogP contribution in [0.15, 0.2) is 85.2 Å². The van der Waals surface area contributed by atoms with Crippen molar-refractivity contribution in [2.24, 2.45) is 0 Å². The molecule has 0 aliphatic carbocycles. The molecule has 1 N–H and O–H groups in total. The van der Waals surface area contributed by atoms with Crippen molar-refractivity contribution in [1.82, 2.24) is 24.8 Å². The first kappa shape index (κ1) is 18.9. The summed E-state index contributed by atoms with van der Waals surface area (Å²) in [6.45, 7) is 2.68. The number of hydrogen-bond acceptors (Lipinski definition) is 4. The molecular weight excluding hydrogens is 394 g/mol. The highest BCUT2D eigenvalue weighted by Gasteiger charge is 2.22. The van der Waals surface area contributed by atoms with Crippen molar-refractivity contribution in [3.8, 4) is 22.8 Å². The lowest BCUT2D eigenvalue weighted by atomic mass is 10.0. The molecule has 5 heteroatoms. The van der Waals surface area contributed by atoms with Gasteiger partial charge in [-0.2, -0.15) is 0 Å². The van der Waals surface area contributed by atoms with Crippen molar-refractivity contribution < 1.29 is 0 Å². The Bertz CT molecular complexity index is 1380. The molecule has 4 heterocycles. The second kappa shape index (κ2) is 8.02. The van der Waals surface area contributed by atoms with E-state index in [9.17, 15) is 0 Å². The molecule has 0 unspecified atom stereocenters. The molecule has 0 atom stereocenters. The SMILES string of the molecule is c1ccc(-c2[nH]c3ccccc3c2CN2CCc3cnc(-c4ccccn4)nc3C2)cc1. The highest BCUT2D eigenvalue weighted by Crippen LogP contribution is 2.32. The summed E-state index contributed by atoms with van der Waals surface area (Å²) in [7, 11) is 0. The summed E-state index contributed by atoms with van der Waals surface area (Å²) >= 11 is 0. The van der Waals surface area contributed by atoms with Crippen LogP contribution in [0.25, 0.3) is 33.7 Å². The Kier molecular flexibility index (Phi) is 4.74. The van der Waals surface area contributed by atoms with Gasteiger partial charge in [-0.1, -0.05) is 54.6 Å². The lowest BCUT2D eigenvalue weighted by molar-refractivity contribution is 0.242. The summed E-state index contributed by atoms with van der Waals surface area (Å²) in [6, 6.07) is 25.0. The third-order valence-corrected chi connectivity index (χ3v) is 6.18. The average molecular weight is 418 g/mol.